The number of carbonyl (C=O) groups excluding carboxylic acids is 1. The summed E-state index contributed by atoms with van der Waals surface area (Å²) in [6, 6.07) is 0. The Hall–Kier alpha value is -1.93. The van der Waals surface area contributed by atoms with Crippen molar-refractivity contribution in [2.24, 2.45) is 17.3 Å². The summed E-state index contributed by atoms with van der Waals surface area (Å²) in [5, 5.41) is 18.4. The number of aliphatic carboxylic acids is 2. The third kappa shape index (κ3) is 8.58. The summed E-state index contributed by atoms with van der Waals surface area (Å²) in [6.07, 6.45) is 12.3. The fourth-order valence-electron chi connectivity index (χ4n) is 6.13. The number of allylic oxidation sites excluding steroid dienone is 2. The van der Waals surface area contributed by atoms with Crippen LogP contribution >= 0.6 is 0 Å². The molecule has 36 heavy (non-hydrogen) atoms. The highest BCUT2D eigenvalue weighted by Gasteiger charge is 2.52. The van der Waals surface area contributed by atoms with E-state index in [4.69, 9.17) is 24.5 Å². The molecular weight excluding hydrogens is 460 g/mol. The second kappa shape index (κ2) is 14.7. The van der Waals surface area contributed by atoms with E-state index < -0.39 is 11.9 Å². The van der Waals surface area contributed by atoms with Gasteiger partial charge in [0, 0.05) is 12.5 Å². The van der Waals surface area contributed by atoms with E-state index in [1.807, 2.05) is 0 Å². The van der Waals surface area contributed by atoms with E-state index in [0.29, 0.717) is 5.92 Å². The molecule has 8 heteroatoms. The Balaban J connectivity index is 0.000000678. The number of hydrogen-bond donors (Lipinski definition) is 3. The summed E-state index contributed by atoms with van der Waals surface area (Å²) in [6.45, 7) is 14.7. The number of unbranched alkanes of at least 4 members (excludes halogenated alkanes) is 2. The van der Waals surface area contributed by atoms with E-state index >= 15 is 0 Å². The third-order valence-electron chi connectivity index (χ3n) is 8.21. The highest BCUT2D eigenvalue weighted by molar-refractivity contribution is 6.27. The van der Waals surface area contributed by atoms with Crippen molar-refractivity contribution in [2.45, 2.75) is 98.0 Å². The summed E-state index contributed by atoms with van der Waals surface area (Å²) in [5.41, 5.74) is 3.51. The molecule has 1 aliphatic heterocycles. The quantitative estimate of drug-likeness (QED) is 0.153. The molecule has 1 saturated carbocycles. The lowest BCUT2D eigenvalue weighted by atomic mass is 9.59. The highest BCUT2D eigenvalue weighted by atomic mass is 16.6. The lowest BCUT2D eigenvalue weighted by molar-refractivity contribution is -0.159. The van der Waals surface area contributed by atoms with Crippen molar-refractivity contribution in [1.82, 2.24) is 10.2 Å². The maximum atomic E-state index is 12.7. The fraction of sp³-hybridized carbons (Fsp3) is 0.821. The molecule has 0 amide bonds. The molecule has 1 saturated heterocycles. The molecule has 0 radical (unpaired) electrons. The number of carbonyl (C=O) groups is 3. The van der Waals surface area contributed by atoms with Gasteiger partial charge in [-0.3, -0.25) is 4.79 Å². The number of carboxylic acid groups (broad SMARTS) is 2. The fourth-order valence-corrected chi connectivity index (χ4v) is 6.13. The Morgan fingerprint density at radius 3 is 2.28 bits per heavy atom. The molecular formula is C28H48N2O6. The molecule has 1 heterocycles. The molecule has 0 aromatic heterocycles. The molecule has 2 fully saturated rings. The van der Waals surface area contributed by atoms with Gasteiger partial charge in [0.2, 0.25) is 0 Å². The standard InChI is InChI=1S/C26H46N2O2.C2H2O4/c1-5-7-14-28(15-8-6-2)16-10-13-27-19-22-21-17-23-20(3)11-9-12-26(23,4)18-24(21)30-25(22)29;3-1(4)2(5)6/h21-22,24,27H,5-19H2,1-4H3;(H,3,4)(H,5,6)/t21-,22?,24-,26-;/m1./s1. The largest absolute Gasteiger partial charge is 0.473 e. The smallest absolute Gasteiger partial charge is 0.414 e. The van der Waals surface area contributed by atoms with Crippen molar-refractivity contribution in [1.29, 1.82) is 0 Å². The summed E-state index contributed by atoms with van der Waals surface area (Å²) in [4.78, 5) is 33.5. The zero-order valence-corrected chi connectivity index (χ0v) is 22.8. The van der Waals surface area contributed by atoms with Crippen LogP contribution in [0.2, 0.25) is 0 Å². The number of fused-ring (bicyclic) bond motifs is 2. The van der Waals surface area contributed by atoms with Crippen LogP contribution in [-0.4, -0.2) is 71.8 Å². The van der Waals surface area contributed by atoms with E-state index in [1.54, 1.807) is 11.1 Å². The van der Waals surface area contributed by atoms with Gasteiger partial charge in [-0.2, -0.15) is 0 Å². The Morgan fingerprint density at radius 2 is 1.69 bits per heavy atom. The number of esters is 1. The molecule has 3 aliphatic rings. The molecule has 1 unspecified atom stereocenters. The van der Waals surface area contributed by atoms with E-state index in [-0.39, 0.29) is 23.4 Å². The van der Waals surface area contributed by atoms with Crippen molar-refractivity contribution < 1.29 is 29.3 Å². The second-order valence-corrected chi connectivity index (χ2v) is 11.0. The first-order valence-corrected chi connectivity index (χ1v) is 13.9. The van der Waals surface area contributed by atoms with Crippen LogP contribution in [0.5, 0.6) is 0 Å². The van der Waals surface area contributed by atoms with Gasteiger partial charge in [-0.25, -0.2) is 9.59 Å². The van der Waals surface area contributed by atoms with Crippen LogP contribution in [0.3, 0.4) is 0 Å². The molecule has 3 rings (SSSR count). The third-order valence-corrected chi connectivity index (χ3v) is 8.21. The van der Waals surface area contributed by atoms with Gasteiger partial charge in [0.05, 0.1) is 5.92 Å². The van der Waals surface area contributed by atoms with Gasteiger partial charge < -0.3 is 25.2 Å². The Labute approximate surface area is 216 Å². The molecule has 8 nitrogen and oxygen atoms in total. The number of nitrogens with zero attached hydrogens (tertiary/aromatic N) is 1. The van der Waals surface area contributed by atoms with Crippen molar-refractivity contribution in [2.75, 3.05) is 32.7 Å². The first-order valence-electron chi connectivity index (χ1n) is 13.9. The SMILES string of the molecule is CCCCN(CCCC)CCCNCC1C(=O)O[C@@H]2C[C@@]3(C)CCCC(C)=C3C[C@H]12.O=C(O)C(=O)O. The number of ether oxygens (including phenoxy) is 1. The molecule has 2 aliphatic carbocycles. The molecule has 0 spiro atoms. The Morgan fingerprint density at radius 1 is 1.08 bits per heavy atom. The average molecular weight is 509 g/mol. The van der Waals surface area contributed by atoms with Crippen molar-refractivity contribution in [3.63, 3.8) is 0 Å². The van der Waals surface area contributed by atoms with Gasteiger partial charge in [-0.15, -0.1) is 0 Å². The Bertz CT molecular complexity index is 762. The number of nitrogens with one attached hydrogen (secondary N) is 1. The lowest BCUT2D eigenvalue weighted by Crippen LogP contribution is -2.41. The highest BCUT2D eigenvalue weighted by Crippen LogP contribution is 2.54. The molecule has 0 bridgehead atoms. The maximum Gasteiger partial charge on any atom is 0.414 e. The molecule has 0 aromatic rings. The van der Waals surface area contributed by atoms with Gasteiger partial charge in [0.1, 0.15) is 6.10 Å². The molecule has 4 atom stereocenters. The van der Waals surface area contributed by atoms with Crippen molar-refractivity contribution in [3.05, 3.63) is 11.1 Å². The minimum absolute atomic E-state index is 0.0399. The van der Waals surface area contributed by atoms with Gasteiger partial charge in [-0.1, -0.05) is 44.8 Å². The van der Waals surface area contributed by atoms with Crippen molar-refractivity contribution in [3.8, 4) is 0 Å². The molecule has 3 N–H and O–H groups in total. The van der Waals surface area contributed by atoms with Crippen LogP contribution in [0.4, 0.5) is 0 Å². The molecule has 206 valence electrons. The van der Waals surface area contributed by atoms with Crippen LogP contribution in [0.1, 0.15) is 91.9 Å². The average Bonchev–Trinajstić information content (AvgIpc) is 3.12. The van der Waals surface area contributed by atoms with E-state index in [1.165, 1.54) is 64.6 Å². The number of carboxylic acids is 2. The predicted octanol–water partition coefficient (Wildman–Crippen LogP) is 4.48. The summed E-state index contributed by atoms with van der Waals surface area (Å²) in [5.74, 6) is -3.18. The van der Waals surface area contributed by atoms with Crippen LogP contribution in [0.15, 0.2) is 11.1 Å². The van der Waals surface area contributed by atoms with Crippen LogP contribution in [0, 0.1) is 17.3 Å². The van der Waals surface area contributed by atoms with Crippen LogP contribution < -0.4 is 5.32 Å². The van der Waals surface area contributed by atoms with Crippen molar-refractivity contribution >= 4 is 17.9 Å². The van der Waals surface area contributed by atoms with Crippen LogP contribution in [0.25, 0.3) is 0 Å². The van der Waals surface area contributed by atoms with E-state index in [0.717, 1.165) is 32.4 Å². The second-order valence-electron chi connectivity index (χ2n) is 11.0. The number of hydrogen-bond acceptors (Lipinski definition) is 6. The first kappa shape index (κ1) is 30.3. The van der Waals surface area contributed by atoms with Crippen LogP contribution in [-0.2, 0) is 19.1 Å². The van der Waals surface area contributed by atoms with Gasteiger partial charge in [0.15, 0.2) is 0 Å². The summed E-state index contributed by atoms with van der Waals surface area (Å²) < 4.78 is 5.90. The van der Waals surface area contributed by atoms with E-state index in [2.05, 4.69) is 37.9 Å². The first-order chi connectivity index (χ1) is 17.1. The zero-order valence-electron chi connectivity index (χ0n) is 22.8. The normalized spacial score (nSPS) is 27.1. The molecule has 0 aromatic carbocycles. The minimum atomic E-state index is -1.82. The minimum Gasteiger partial charge on any atom is -0.473 e. The zero-order chi connectivity index (χ0) is 26.7. The number of rotatable bonds is 12. The topological polar surface area (TPSA) is 116 Å². The summed E-state index contributed by atoms with van der Waals surface area (Å²) >= 11 is 0. The van der Waals surface area contributed by atoms with E-state index in [9.17, 15) is 4.79 Å². The predicted molar refractivity (Wildman–Crippen MR) is 140 cm³/mol. The lowest BCUT2D eigenvalue weighted by Gasteiger charge is -2.45. The maximum absolute atomic E-state index is 12.7. The van der Waals surface area contributed by atoms with Gasteiger partial charge in [-0.05, 0) is 89.9 Å². The summed E-state index contributed by atoms with van der Waals surface area (Å²) in [7, 11) is 0. The monoisotopic (exact) mass is 508 g/mol. The van der Waals surface area contributed by atoms with Gasteiger partial charge >= 0.3 is 17.9 Å². The van der Waals surface area contributed by atoms with Gasteiger partial charge in [0.25, 0.3) is 0 Å². The Kier molecular flexibility index (Phi) is 12.4.